The number of nitrogens with zero attached hydrogens (tertiary/aromatic N) is 2. The number of hydrogen-bond acceptors (Lipinski definition) is 4. The van der Waals surface area contributed by atoms with E-state index in [1.165, 1.54) is 17.5 Å². The van der Waals surface area contributed by atoms with E-state index in [-0.39, 0.29) is 18.2 Å². The van der Waals surface area contributed by atoms with Crippen molar-refractivity contribution >= 4 is 46.5 Å². The fourth-order valence-electron chi connectivity index (χ4n) is 4.37. The van der Waals surface area contributed by atoms with Crippen LogP contribution in [0.3, 0.4) is 0 Å². The summed E-state index contributed by atoms with van der Waals surface area (Å²) in [5, 5.41) is 2.47. The summed E-state index contributed by atoms with van der Waals surface area (Å²) in [7, 11) is 1.77. The van der Waals surface area contributed by atoms with Crippen molar-refractivity contribution in [2.24, 2.45) is 0 Å². The molecular weight excluding hydrogens is 430 g/mol. The van der Waals surface area contributed by atoms with E-state index in [2.05, 4.69) is 42.5 Å². The van der Waals surface area contributed by atoms with Gasteiger partial charge in [-0.15, -0.1) is 0 Å². The van der Waals surface area contributed by atoms with Crippen molar-refractivity contribution < 1.29 is 9.59 Å². The van der Waals surface area contributed by atoms with Crippen LogP contribution in [0.25, 0.3) is 0 Å². The fourth-order valence-corrected chi connectivity index (χ4v) is 5.66. The maximum atomic E-state index is 13.2. The zero-order valence-corrected chi connectivity index (χ0v) is 20.5. The predicted octanol–water partition coefficient (Wildman–Crippen LogP) is 6.08. The summed E-state index contributed by atoms with van der Waals surface area (Å²) in [5.74, 6) is -0.260. The van der Waals surface area contributed by atoms with Crippen molar-refractivity contribution in [3.63, 3.8) is 0 Å². The summed E-state index contributed by atoms with van der Waals surface area (Å²) in [5.41, 5.74) is 8.04. The van der Waals surface area contributed by atoms with Gasteiger partial charge in [-0.1, -0.05) is 48.0 Å². The topological polar surface area (TPSA) is 52.7 Å². The molecule has 170 valence electrons. The summed E-state index contributed by atoms with van der Waals surface area (Å²) >= 11 is 1.41. The van der Waals surface area contributed by atoms with Gasteiger partial charge in [-0.3, -0.25) is 13.9 Å². The van der Waals surface area contributed by atoms with E-state index in [9.17, 15) is 9.59 Å². The van der Waals surface area contributed by atoms with Gasteiger partial charge in [0.05, 0.1) is 17.1 Å². The van der Waals surface area contributed by atoms with E-state index < -0.39 is 5.25 Å². The summed E-state index contributed by atoms with van der Waals surface area (Å²) in [4.78, 5) is 28.1. The van der Waals surface area contributed by atoms with E-state index in [1.807, 2.05) is 55.5 Å². The number of hydrogen-bond donors (Lipinski definition) is 1. The molecular formula is C27H29N3O2S. The molecule has 1 atom stereocenters. The number of fused-ring (bicyclic) bond motifs is 1. The fraction of sp³-hybridized carbons (Fsp3) is 0.259. The first kappa shape index (κ1) is 22.9. The first-order valence-corrected chi connectivity index (χ1v) is 11.9. The van der Waals surface area contributed by atoms with Crippen LogP contribution in [0.2, 0.25) is 0 Å². The summed E-state index contributed by atoms with van der Waals surface area (Å²) in [6.07, 6.45) is 0.0930. The second-order valence-corrected chi connectivity index (χ2v) is 9.73. The van der Waals surface area contributed by atoms with Gasteiger partial charge >= 0.3 is 0 Å². The Bertz CT molecular complexity index is 1200. The highest BCUT2D eigenvalue weighted by Crippen LogP contribution is 2.45. The first-order valence-electron chi connectivity index (χ1n) is 11.0. The Morgan fingerprint density at radius 2 is 1.61 bits per heavy atom. The Hall–Kier alpha value is -3.25. The minimum absolute atomic E-state index is 0.0930. The molecule has 0 spiro atoms. The highest BCUT2D eigenvalue weighted by atomic mass is 32.2. The number of benzene rings is 3. The SMILES string of the molecule is Cc1cc(C)c(N2SC(CC(=O)N(C)c3ccccc3C)C(=O)Nc3ccccc32)c(C)c1. The Labute approximate surface area is 199 Å². The molecule has 2 amide bonds. The van der Waals surface area contributed by atoms with Gasteiger partial charge in [-0.2, -0.15) is 0 Å². The standard InChI is InChI=1S/C27H29N3O2S/c1-17-14-19(3)26(20(4)15-17)30-23-13-9-7-11-21(23)28-27(32)24(33-30)16-25(31)29(5)22-12-8-6-10-18(22)2/h6-15,24H,16H2,1-5H3,(H,28,32). The van der Waals surface area contributed by atoms with Crippen LogP contribution in [0.5, 0.6) is 0 Å². The molecule has 0 aliphatic carbocycles. The van der Waals surface area contributed by atoms with Gasteiger partial charge in [0, 0.05) is 19.2 Å². The molecule has 1 aliphatic heterocycles. The minimum Gasteiger partial charge on any atom is -0.323 e. The molecule has 3 aromatic carbocycles. The van der Waals surface area contributed by atoms with Crippen molar-refractivity contribution in [1.82, 2.24) is 0 Å². The number of nitrogens with one attached hydrogen (secondary N) is 1. The molecule has 33 heavy (non-hydrogen) atoms. The van der Waals surface area contributed by atoms with Crippen LogP contribution in [-0.2, 0) is 9.59 Å². The van der Waals surface area contributed by atoms with E-state index >= 15 is 0 Å². The predicted molar refractivity (Wildman–Crippen MR) is 138 cm³/mol. The molecule has 6 heteroatoms. The number of para-hydroxylation sites is 3. The molecule has 0 saturated carbocycles. The zero-order valence-electron chi connectivity index (χ0n) is 19.7. The molecule has 1 unspecified atom stereocenters. The molecule has 4 rings (SSSR count). The number of anilines is 4. The van der Waals surface area contributed by atoms with Crippen molar-refractivity contribution in [2.45, 2.75) is 39.4 Å². The normalized spacial score (nSPS) is 15.5. The largest absolute Gasteiger partial charge is 0.323 e. The van der Waals surface area contributed by atoms with Crippen LogP contribution in [0.15, 0.2) is 60.7 Å². The van der Waals surface area contributed by atoms with Gasteiger partial charge in [0.1, 0.15) is 5.25 Å². The number of carbonyl (C=O) groups excluding carboxylic acids is 2. The van der Waals surface area contributed by atoms with Crippen molar-refractivity contribution in [3.8, 4) is 0 Å². The second-order valence-electron chi connectivity index (χ2n) is 8.59. The first-order chi connectivity index (χ1) is 15.8. The Kier molecular flexibility index (Phi) is 6.47. The van der Waals surface area contributed by atoms with Crippen LogP contribution in [0.1, 0.15) is 28.7 Å². The molecule has 0 aromatic heterocycles. The lowest BCUT2D eigenvalue weighted by Crippen LogP contribution is -2.34. The van der Waals surface area contributed by atoms with E-state index in [0.717, 1.165) is 39.4 Å². The maximum absolute atomic E-state index is 13.2. The average molecular weight is 460 g/mol. The monoisotopic (exact) mass is 459 g/mol. The van der Waals surface area contributed by atoms with Gasteiger partial charge in [-0.25, -0.2) is 0 Å². The third-order valence-electron chi connectivity index (χ3n) is 5.96. The van der Waals surface area contributed by atoms with Gasteiger partial charge in [-0.05, 0) is 74.5 Å². The van der Waals surface area contributed by atoms with Crippen molar-refractivity contribution in [1.29, 1.82) is 0 Å². The number of carbonyl (C=O) groups is 2. The molecule has 1 N–H and O–H groups in total. The Morgan fingerprint density at radius 3 is 2.30 bits per heavy atom. The van der Waals surface area contributed by atoms with Crippen LogP contribution >= 0.6 is 11.9 Å². The number of rotatable bonds is 4. The zero-order chi connectivity index (χ0) is 23.7. The highest BCUT2D eigenvalue weighted by Gasteiger charge is 2.33. The van der Waals surface area contributed by atoms with Crippen LogP contribution in [0, 0.1) is 27.7 Å². The van der Waals surface area contributed by atoms with Crippen LogP contribution < -0.4 is 14.5 Å². The van der Waals surface area contributed by atoms with Gasteiger partial charge in [0.2, 0.25) is 11.8 Å². The number of amides is 2. The van der Waals surface area contributed by atoms with Gasteiger partial charge < -0.3 is 10.2 Å². The minimum atomic E-state index is -0.573. The lowest BCUT2D eigenvalue weighted by Gasteiger charge is -2.29. The van der Waals surface area contributed by atoms with Crippen molar-refractivity contribution in [3.05, 3.63) is 82.9 Å². The molecule has 5 nitrogen and oxygen atoms in total. The Balaban J connectivity index is 1.69. The van der Waals surface area contributed by atoms with Gasteiger partial charge in [0.15, 0.2) is 0 Å². The van der Waals surface area contributed by atoms with Crippen LogP contribution in [-0.4, -0.2) is 24.1 Å². The van der Waals surface area contributed by atoms with Crippen molar-refractivity contribution in [2.75, 3.05) is 21.6 Å². The van der Waals surface area contributed by atoms with E-state index in [4.69, 9.17) is 0 Å². The van der Waals surface area contributed by atoms with Crippen LogP contribution in [0.4, 0.5) is 22.7 Å². The smallest absolute Gasteiger partial charge is 0.239 e. The quantitative estimate of drug-likeness (QED) is 0.481. The third kappa shape index (κ3) is 4.62. The summed E-state index contributed by atoms with van der Waals surface area (Å²) < 4.78 is 2.11. The Morgan fingerprint density at radius 1 is 0.970 bits per heavy atom. The van der Waals surface area contributed by atoms with Gasteiger partial charge in [0.25, 0.3) is 0 Å². The average Bonchev–Trinajstić information content (AvgIpc) is 2.89. The third-order valence-corrected chi connectivity index (χ3v) is 7.18. The molecule has 0 radical (unpaired) electrons. The lowest BCUT2D eigenvalue weighted by atomic mass is 10.0. The summed E-state index contributed by atoms with van der Waals surface area (Å²) in [6, 6.07) is 19.9. The second kappa shape index (κ2) is 9.32. The maximum Gasteiger partial charge on any atom is 0.239 e. The number of aryl methyl sites for hydroxylation is 4. The molecule has 1 heterocycles. The van der Waals surface area contributed by atoms with E-state index in [1.54, 1.807) is 11.9 Å². The lowest BCUT2D eigenvalue weighted by molar-refractivity contribution is -0.122. The highest BCUT2D eigenvalue weighted by molar-refractivity contribution is 8.02. The van der Waals surface area contributed by atoms with E-state index in [0.29, 0.717) is 0 Å². The summed E-state index contributed by atoms with van der Waals surface area (Å²) in [6.45, 7) is 8.24. The molecule has 0 fully saturated rings. The molecule has 3 aromatic rings. The molecule has 0 bridgehead atoms. The molecule has 1 aliphatic rings. The molecule has 0 saturated heterocycles.